The first-order chi connectivity index (χ1) is 15.1. The lowest BCUT2D eigenvalue weighted by atomic mass is 10.2. The lowest BCUT2D eigenvalue weighted by Gasteiger charge is -2.19. The van der Waals surface area contributed by atoms with Crippen molar-refractivity contribution in [2.75, 3.05) is 40.5 Å². The van der Waals surface area contributed by atoms with Gasteiger partial charge in [-0.15, -0.1) is 24.0 Å². The first-order valence-corrected chi connectivity index (χ1v) is 10.3. The molecule has 0 aliphatic heterocycles. The molecule has 0 heterocycles. The number of hydrogen-bond acceptors (Lipinski definition) is 6. The third-order valence-corrected chi connectivity index (χ3v) is 4.30. The quantitative estimate of drug-likeness (QED) is 0.209. The molecule has 2 aromatic rings. The summed E-state index contributed by atoms with van der Waals surface area (Å²) < 4.78 is 22.2. The standard InChI is InChI=1S/C23H33N3O5.HI/c1-5-24-23(25-15-17(2)31-21-9-7-6-8-19(21)28-3)26-16-18-10-11-20(30-13-12-27)22(14-18)29-4;/h6-11,14,17,27H,5,12-13,15-16H2,1-4H3,(H2,24,25,26);1H. The molecule has 2 rings (SSSR count). The van der Waals surface area contributed by atoms with Crippen LogP contribution in [0.3, 0.4) is 0 Å². The molecular formula is C23H34IN3O5. The van der Waals surface area contributed by atoms with Crippen LogP contribution in [0, 0.1) is 0 Å². The number of aliphatic hydroxyl groups is 1. The number of ether oxygens (including phenoxy) is 4. The Morgan fingerprint density at radius 2 is 1.72 bits per heavy atom. The van der Waals surface area contributed by atoms with Crippen LogP contribution >= 0.6 is 24.0 Å². The molecule has 9 heteroatoms. The van der Waals surface area contributed by atoms with Crippen LogP contribution in [0.2, 0.25) is 0 Å². The molecule has 0 spiro atoms. The second-order valence-corrected chi connectivity index (χ2v) is 6.71. The molecule has 1 atom stereocenters. The normalized spacial score (nSPS) is 11.7. The van der Waals surface area contributed by atoms with Gasteiger partial charge in [-0.25, -0.2) is 4.99 Å². The third-order valence-electron chi connectivity index (χ3n) is 4.30. The largest absolute Gasteiger partial charge is 0.493 e. The highest BCUT2D eigenvalue weighted by Crippen LogP contribution is 2.28. The van der Waals surface area contributed by atoms with Gasteiger partial charge in [0.2, 0.25) is 0 Å². The second-order valence-electron chi connectivity index (χ2n) is 6.71. The molecule has 0 saturated carbocycles. The molecule has 2 aromatic carbocycles. The first kappa shape index (κ1) is 27.6. The van der Waals surface area contributed by atoms with Crippen molar-refractivity contribution in [2.24, 2.45) is 4.99 Å². The van der Waals surface area contributed by atoms with Crippen molar-refractivity contribution in [1.82, 2.24) is 10.6 Å². The second kappa shape index (κ2) is 15.4. The molecule has 3 N–H and O–H groups in total. The Hall–Kier alpha value is -2.40. The van der Waals surface area contributed by atoms with Gasteiger partial charge in [0, 0.05) is 6.54 Å². The molecule has 0 aliphatic rings. The lowest BCUT2D eigenvalue weighted by Crippen LogP contribution is -2.41. The van der Waals surface area contributed by atoms with E-state index in [4.69, 9.17) is 24.1 Å². The molecule has 0 aromatic heterocycles. The summed E-state index contributed by atoms with van der Waals surface area (Å²) in [7, 11) is 3.21. The van der Waals surface area contributed by atoms with Crippen LogP contribution < -0.4 is 29.6 Å². The van der Waals surface area contributed by atoms with Crippen molar-refractivity contribution in [3.05, 3.63) is 48.0 Å². The number of aliphatic hydroxyl groups excluding tert-OH is 1. The van der Waals surface area contributed by atoms with Gasteiger partial charge in [0.15, 0.2) is 29.0 Å². The molecular weight excluding hydrogens is 525 g/mol. The smallest absolute Gasteiger partial charge is 0.191 e. The highest BCUT2D eigenvalue weighted by molar-refractivity contribution is 14.0. The van der Waals surface area contributed by atoms with Crippen LogP contribution in [0.4, 0.5) is 0 Å². The summed E-state index contributed by atoms with van der Waals surface area (Å²) in [6.07, 6.45) is -0.0943. The molecule has 0 amide bonds. The van der Waals surface area contributed by atoms with Gasteiger partial charge < -0.3 is 34.7 Å². The van der Waals surface area contributed by atoms with E-state index in [1.54, 1.807) is 14.2 Å². The number of para-hydroxylation sites is 2. The van der Waals surface area contributed by atoms with E-state index in [1.165, 1.54) is 0 Å². The number of rotatable bonds is 12. The van der Waals surface area contributed by atoms with Crippen LogP contribution in [-0.4, -0.2) is 57.7 Å². The maximum absolute atomic E-state index is 8.93. The molecule has 32 heavy (non-hydrogen) atoms. The summed E-state index contributed by atoms with van der Waals surface area (Å²) >= 11 is 0. The summed E-state index contributed by atoms with van der Waals surface area (Å²) in [5.74, 6) is 3.30. The molecule has 0 saturated heterocycles. The fraction of sp³-hybridized carbons (Fsp3) is 0.435. The molecule has 0 radical (unpaired) electrons. The summed E-state index contributed by atoms with van der Waals surface area (Å²) in [6, 6.07) is 13.2. The Morgan fingerprint density at radius 3 is 2.38 bits per heavy atom. The van der Waals surface area contributed by atoms with Crippen LogP contribution in [-0.2, 0) is 6.54 Å². The van der Waals surface area contributed by atoms with Gasteiger partial charge in [-0.05, 0) is 43.7 Å². The van der Waals surface area contributed by atoms with E-state index in [9.17, 15) is 0 Å². The van der Waals surface area contributed by atoms with E-state index < -0.39 is 0 Å². The van der Waals surface area contributed by atoms with Gasteiger partial charge in [-0.1, -0.05) is 18.2 Å². The predicted octanol–water partition coefficient (Wildman–Crippen LogP) is 3.22. The Bertz CT molecular complexity index is 835. The number of hydrogen-bond donors (Lipinski definition) is 3. The van der Waals surface area contributed by atoms with Crippen LogP contribution in [0.5, 0.6) is 23.0 Å². The number of benzene rings is 2. The van der Waals surface area contributed by atoms with Crippen molar-refractivity contribution in [2.45, 2.75) is 26.5 Å². The van der Waals surface area contributed by atoms with Crippen molar-refractivity contribution in [3.63, 3.8) is 0 Å². The molecule has 0 aliphatic carbocycles. The Balaban J connectivity index is 0.00000512. The van der Waals surface area contributed by atoms with E-state index in [2.05, 4.69) is 15.6 Å². The third kappa shape index (κ3) is 8.99. The predicted molar refractivity (Wildman–Crippen MR) is 137 cm³/mol. The van der Waals surface area contributed by atoms with E-state index in [0.29, 0.717) is 42.0 Å². The van der Waals surface area contributed by atoms with E-state index in [1.807, 2.05) is 56.3 Å². The number of aliphatic imine (C=N–C) groups is 1. The Labute approximate surface area is 207 Å². The van der Waals surface area contributed by atoms with E-state index in [-0.39, 0.29) is 43.3 Å². The first-order valence-electron chi connectivity index (χ1n) is 10.3. The minimum atomic E-state index is -0.0943. The maximum atomic E-state index is 8.93. The minimum absolute atomic E-state index is 0. The number of halogens is 1. The Morgan fingerprint density at radius 1 is 1.00 bits per heavy atom. The van der Waals surface area contributed by atoms with Gasteiger partial charge in [-0.2, -0.15) is 0 Å². The monoisotopic (exact) mass is 559 g/mol. The van der Waals surface area contributed by atoms with Gasteiger partial charge in [0.05, 0.1) is 33.9 Å². The number of nitrogens with zero attached hydrogens (tertiary/aromatic N) is 1. The zero-order chi connectivity index (χ0) is 22.5. The molecule has 8 nitrogen and oxygen atoms in total. The Kier molecular flexibility index (Phi) is 13.3. The van der Waals surface area contributed by atoms with Gasteiger partial charge in [0.25, 0.3) is 0 Å². The van der Waals surface area contributed by atoms with Crippen LogP contribution in [0.25, 0.3) is 0 Å². The van der Waals surface area contributed by atoms with Crippen LogP contribution in [0.15, 0.2) is 47.5 Å². The van der Waals surface area contributed by atoms with Crippen molar-refractivity contribution in [3.8, 4) is 23.0 Å². The van der Waals surface area contributed by atoms with E-state index >= 15 is 0 Å². The van der Waals surface area contributed by atoms with Crippen molar-refractivity contribution < 1.29 is 24.1 Å². The molecule has 1 unspecified atom stereocenters. The van der Waals surface area contributed by atoms with Crippen LogP contribution in [0.1, 0.15) is 19.4 Å². The fourth-order valence-corrected chi connectivity index (χ4v) is 2.81. The van der Waals surface area contributed by atoms with Gasteiger partial charge in [-0.3, -0.25) is 0 Å². The van der Waals surface area contributed by atoms with E-state index in [0.717, 1.165) is 12.1 Å². The number of methoxy groups -OCH3 is 2. The molecule has 0 fully saturated rings. The summed E-state index contributed by atoms with van der Waals surface area (Å²) in [4.78, 5) is 4.64. The van der Waals surface area contributed by atoms with Crippen molar-refractivity contribution in [1.29, 1.82) is 0 Å². The molecule has 0 bridgehead atoms. The summed E-state index contributed by atoms with van der Waals surface area (Å²) in [6.45, 7) is 5.95. The summed E-state index contributed by atoms with van der Waals surface area (Å²) in [5.41, 5.74) is 0.976. The molecule has 178 valence electrons. The topological polar surface area (TPSA) is 93.6 Å². The zero-order valence-corrected chi connectivity index (χ0v) is 21.4. The van der Waals surface area contributed by atoms with Gasteiger partial charge in [0.1, 0.15) is 12.7 Å². The average molecular weight is 559 g/mol. The number of guanidine groups is 1. The summed E-state index contributed by atoms with van der Waals surface area (Å²) in [5, 5.41) is 15.5. The van der Waals surface area contributed by atoms with Crippen molar-refractivity contribution >= 4 is 29.9 Å². The maximum Gasteiger partial charge on any atom is 0.191 e. The highest BCUT2D eigenvalue weighted by atomic mass is 127. The highest BCUT2D eigenvalue weighted by Gasteiger charge is 2.10. The number of nitrogens with one attached hydrogen (secondary N) is 2. The fourth-order valence-electron chi connectivity index (χ4n) is 2.81. The minimum Gasteiger partial charge on any atom is -0.493 e. The SMILES string of the molecule is CCNC(=NCc1ccc(OCCO)c(OC)c1)NCC(C)Oc1ccccc1OC.I. The average Bonchev–Trinajstić information content (AvgIpc) is 2.80. The van der Waals surface area contributed by atoms with Gasteiger partial charge >= 0.3 is 0 Å². The zero-order valence-electron chi connectivity index (χ0n) is 19.1. The lowest BCUT2D eigenvalue weighted by molar-refractivity contribution is 0.196.